The summed E-state index contributed by atoms with van der Waals surface area (Å²) in [4.78, 5) is 12.7. The quantitative estimate of drug-likeness (QED) is 0.142. The molecule has 0 bridgehead atoms. The Morgan fingerprint density at radius 2 is 0.500 bits per heavy atom. The van der Waals surface area contributed by atoms with Gasteiger partial charge in [-0.15, -0.1) is 68.0 Å². The minimum Gasteiger partial charge on any atom is -0.144 e. The van der Waals surface area contributed by atoms with Gasteiger partial charge in [0.05, 0.1) is 0 Å². The van der Waals surface area contributed by atoms with Crippen molar-refractivity contribution in [2.45, 2.75) is 0 Å². The van der Waals surface area contributed by atoms with Gasteiger partial charge >= 0.3 is 0 Å². The molecular formula is C34H24S6. The van der Waals surface area contributed by atoms with Gasteiger partial charge in [0.15, 0.2) is 0 Å². The van der Waals surface area contributed by atoms with Crippen molar-refractivity contribution in [3.05, 3.63) is 132 Å². The summed E-state index contributed by atoms with van der Waals surface area (Å²) in [7, 11) is 0. The molecule has 0 saturated carbocycles. The predicted molar refractivity (Wildman–Crippen MR) is 191 cm³/mol. The highest BCUT2D eigenvalue weighted by atomic mass is 32.1. The van der Waals surface area contributed by atoms with E-state index >= 15 is 0 Å². The third kappa shape index (κ3) is 7.76. The Balaban J connectivity index is 1.02. The van der Waals surface area contributed by atoms with E-state index in [1.807, 2.05) is 45.3 Å². The molecule has 40 heavy (non-hydrogen) atoms. The number of hydrogen-bond donors (Lipinski definition) is 0. The topological polar surface area (TPSA) is 0 Å². The maximum atomic E-state index is 2.21. The van der Waals surface area contributed by atoms with Gasteiger partial charge in [-0.1, -0.05) is 12.1 Å². The molecule has 0 spiro atoms. The molecule has 6 heterocycles. The Kier molecular flexibility index (Phi) is 9.15. The first-order valence-electron chi connectivity index (χ1n) is 12.6. The van der Waals surface area contributed by atoms with Gasteiger partial charge in [0.25, 0.3) is 0 Å². The van der Waals surface area contributed by atoms with Crippen LogP contribution in [0.25, 0.3) is 60.8 Å². The largest absolute Gasteiger partial charge is 0.144 e. The van der Waals surface area contributed by atoms with Gasteiger partial charge in [0, 0.05) is 48.8 Å². The number of thiophene rings is 6. The molecule has 6 aromatic heterocycles. The van der Waals surface area contributed by atoms with Crippen LogP contribution in [0.3, 0.4) is 0 Å². The average molecular weight is 625 g/mol. The van der Waals surface area contributed by atoms with Crippen LogP contribution in [0.2, 0.25) is 0 Å². The van der Waals surface area contributed by atoms with Crippen molar-refractivity contribution >= 4 is 129 Å². The first kappa shape index (κ1) is 27.1. The van der Waals surface area contributed by atoms with Crippen LogP contribution in [0.1, 0.15) is 48.8 Å². The molecule has 6 heteroatoms. The molecule has 0 aliphatic rings. The van der Waals surface area contributed by atoms with Crippen molar-refractivity contribution < 1.29 is 0 Å². The molecule has 0 unspecified atom stereocenters. The average Bonchev–Trinajstić information content (AvgIpc) is 3.82. The molecule has 0 N–H and O–H groups in total. The lowest BCUT2D eigenvalue weighted by Gasteiger charge is -1.87. The minimum absolute atomic E-state index is 1.26. The van der Waals surface area contributed by atoms with Gasteiger partial charge in [0.1, 0.15) is 0 Å². The smallest absolute Gasteiger partial charge is 0.0277 e. The summed E-state index contributed by atoms with van der Waals surface area (Å²) in [5.41, 5.74) is 0. The molecule has 0 saturated heterocycles. The normalized spacial score (nSPS) is 12.5. The van der Waals surface area contributed by atoms with Crippen LogP contribution >= 0.6 is 68.0 Å². The fourth-order valence-corrected chi connectivity index (χ4v) is 8.29. The van der Waals surface area contributed by atoms with Crippen LogP contribution < -0.4 is 0 Å². The van der Waals surface area contributed by atoms with Gasteiger partial charge < -0.3 is 0 Å². The molecule has 0 aliphatic heterocycles. The zero-order valence-corrected chi connectivity index (χ0v) is 26.2. The Labute approximate surface area is 259 Å². The lowest BCUT2D eigenvalue weighted by Crippen LogP contribution is -1.59. The summed E-state index contributed by atoms with van der Waals surface area (Å²) in [6.45, 7) is 0. The molecule has 0 fully saturated rings. The van der Waals surface area contributed by atoms with Crippen LogP contribution in [0.15, 0.2) is 83.6 Å². The summed E-state index contributed by atoms with van der Waals surface area (Å²) < 4.78 is 0. The molecule has 0 aliphatic carbocycles. The van der Waals surface area contributed by atoms with Gasteiger partial charge in [-0.2, -0.15) is 0 Å². The van der Waals surface area contributed by atoms with Gasteiger partial charge in [-0.05, 0) is 132 Å². The Morgan fingerprint density at radius 3 is 0.700 bits per heavy atom. The van der Waals surface area contributed by atoms with E-state index in [0.717, 1.165) is 0 Å². The highest BCUT2D eigenvalue weighted by molar-refractivity contribution is 7.16. The van der Waals surface area contributed by atoms with E-state index in [1.165, 1.54) is 48.8 Å². The maximum absolute atomic E-state index is 2.21. The van der Waals surface area contributed by atoms with Crippen molar-refractivity contribution in [1.29, 1.82) is 0 Å². The predicted octanol–water partition coefficient (Wildman–Crippen LogP) is 12.9. The van der Waals surface area contributed by atoms with Crippen molar-refractivity contribution in [3.8, 4) is 0 Å². The first-order valence-corrected chi connectivity index (χ1v) is 17.6. The van der Waals surface area contributed by atoms with Crippen molar-refractivity contribution in [2.75, 3.05) is 0 Å². The summed E-state index contributed by atoms with van der Waals surface area (Å²) in [5, 5.41) is 4.22. The second-order valence-corrected chi connectivity index (χ2v) is 15.2. The second kappa shape index (κ2) is 13.5. The highest BCUT2D eigenvalue weighted by Gasteiger charge is 2.00. The molecule has 0 amide bonds. The second-order valence-electron chi connectivity index (χ2n) is 8.66. The first-order chi connectivity index (χ1) is 19.7. The van der Waals surface area contributed by atoms with E-state index in [2.05, 4.69) is 144 Å². The fourth-order valence-electron chi connectivity index (χ4n) is 3.78. The van der Waals surface area contributed by atoms with Crippen molar-refractivity contribution in [3.63, 3.8) is 0 Å². The van der Waals surface area contributed by atoms with E-state index in [4.69, 9.17) is 0 Å². The molecule has 0 nitrogen and oxygen atoms in total. The molecule has 0 atom stereocenters. The molecule has 0 aromatic carbocycles. The van der Waals surface area contributed by atoms with Crippen LogP contribution in [0.5, 0.6) is 0 Å². The monoisotopic (exact) mass is 624 g/mol. The SMILES string of the molecule is C(=C\c1ccc(/C=C/c2ccc(/C=C/c3ccc(/C=C/c4ccc(/C=C/c5cccs5)s4)s3)s2)s1)/c1cccs1. The molecule has 6 rings (SSSR count). The van der Waals surface area contributed by atoms with Crippen LogP contribution in [0, 0.1) is 0 Å². The zero-order chi connectivity index (χ0) is 27.0. The van der Waals surface area contributed by atoms with Crippen molar-refractivity contribution in [2.24, 2.45) is 0 Å². The van der Waals surface area contributed by atoms with Crippen molar-refractivity contribution in [1.82, 2.24) is 0 Å². The third-order valence-corrected chi connectivity index (χ3v) is 11.5. The summed E-state index contributed by atoms with van der Waals surface area (Å²) in [6, 6.07) is 26.0. The fraction of sp³-hybridized carbons (Fsp3) is 0. The molecular weight excluding hydrogens is 601 g/mol. The third-order valence-electron chi connectivity index (χ3n) is 5.74. The summed E-state index contributed by atoms with van der Waals surface area (Å²) >= 11 is 10.8. The van der Waals surface area contributed by atoms with E-state index in [-0.39, 0.29) is 0 Å². The van der Waals surface area contributed by atoms with E-state index in [1.54, 1.807) is 22.7 Å². The Morgan fingerprint density at radius 1 is 0.275 bits per heavy atom. The Hall–Kier alpha value is -3.10. The van der Waals surface area contributed by atoms with Crippen LogP contribution in [0.4, 0.5) is 0 Å². The van der Waals surface area contributed by atoms with E-state index in [9.17, 15) is 0 Å². The highest BCUT2D eigenvalue weighted by Crippen LogP contribution is 2.27. The lowest BCUT2D eigenvalue weighted by molar-refractivity contribution is 1.89. The lowest BCUT2D eigenvalue weighted by atomic mass is 10.3. The summed E-state index contributed by atoms with van der Waals surface area (Å²) in [5.74, 6) is 0. The molecule has 6 aromatic rings. The van der Waals surface area contributed by atoms with E-state index < -0.39 is 0 Å². The number of hydrogen-bond acceptors (Lipinski definition) is 6. The minimum atomic E-state index is 1.26. The zero-order valence-electron chi connectivity index (χ0n) is 21.3. The van der Waals surface area contributed by atoms with Crippen LogP contribution in [-0.4, -0.2) is 0 Å². The van der Waals surface area contributed by atoms with Gasteiger partial charge in [-0.25, -0.2) is 0 Å². The van der Waals surface area contributed by atoms with Gasteiger partial charge in [0.2, 0.25) is 0 Å². The molecule has 0 radical (unpaired) electrons. The Bertz CT molecular complexity index is 1650. The number of rotatable bonds is 10. The maximum Gasteiger partial charge on any atom is 0.0277 e. The van der Waals surface area contributed by atoms with Gasteiger partial charge in [-0.3, -0.25) is 0 Å². The standard InChI is InChI=1S/C34H24S6/c1-3-25(35-23-1)5-7-27-9-11-29(37-27)13-15-31-17-19-33(39-31)21-22-34-20-18-32(40-34)16-14-30-12-10-28(38-30)8-6-26-4-2-24-36-26/h1-24H/b7-5+,8-6+,15-13+,16-14+,22-21+. The van der Waals surface area contributed by atoms with E-state index in [0.29, 0.717) is 0 Å². The summed E-state index contributed by atoms with van der Waals surface area (Å²) in [6.07, 6.45) is 22.0. The van der Waals surface area contributed by atoms with Crippen LogP contribution in [-0.2, 0) is 0 Å². The molecule has 196 valence electrons.